The number of hydrogen-bond acceptors (Lipinski definition) is 0. The van der Waals surface area contributed by atoms with Gasteiger partial charge in [-0.1, -0.05) is 0 Å². The molecule has 0 aromatic heterocycles. The average molecular weight is 756 g/mol. The predicted octanol–water partition coefficient (Wildman–Crippen LogP) is 1.39. The Bertz CT molecular complexity index is 144. The molecule has 0 aromatic carbocycles. The van der Waals surface area contributed by atoms with E-state index in [1.807, 2.05) is 0 Å². The maximum atomic E-state index is 7.50. The van der Waals surface area contributed by atoms with E-state index >= 15 is 0 Å². The molecular weight excluding hydrogens is 756 g/mol. The van der Waals surface area contributed by atoms with E-state index in [4.69, 9.17) is 37.2 Å². The average Bonchev–Trinajstić information content (AvgIpc) is 2.71. The van der Waals surface area contributed by atoms with Crippen molar-refractivity contribution in [1.29, 1.82) is 0 Å². The van der Waals surface area contributed by atoms with Crippen LogP contribution in [0.4, 0.5) is 0 Å². The summed E-state index contributed by atoms with van der Waals surface area (Å²) in [5.41, 5.74) is 0. The van der Waals surface area contributed by atoms with Crippen LogP contribution >= 0.6 is 26.9 Å². The monoisotopic (exact) mass is 756 g/mol. The van der Waals surface area contributed by atoms with Gasteiger partial charge in [-0.25, -0.2) is 0 Å². The van der Waals surface area contributed by atoms with E-state index in [1.165, 1.54) is 34.4 Å². The Labute approximate surface area is 150 Å². The van der Waals surface area contributed by atoms with Crippen LogP contribution in [-0.2, 0) is 71.6 Å². The SMILES string of the molecule is [Br][Re].[Br][Re].[C-]#[O+].[C-]#[O+].[C-]#[O+].[C-]#[O+].[C-]#[O+].[C-]#[O+].[C-]#[O+].[C-]#[O+]. The number of halogens is 2. The van der Waals surface area contributed by atoms with Gasteiger partial charge in [0, 0.05) is 0 Å². The summed E-state index contributed by atoms with van der Waals surface area (Å²) in [5.74, 6) is 0. The van der Waals surface area contributed by atoms with Crippen LogP contribution in [0.2, 0.25) is 0 Å². The van der Waals surface area contributed by atoms with Crippen molar-refractivity contribution in [2.75, 3.05) is 0 Å². The van der Waals surface area contributed by atoms with E-state index < -0.39 is 0 Å². The van der Waals surface area contributed by atoms with E-state index in [0.29, 0.717) is 0 Å². The molecule has 0 unspecified atom stereocenters. The molecule has 8 nitrogen and oxygen atoms in total. The Kier molecular flexibility index (Phi) is 544000. The van der Waals surface area contributed by atoms with E-state index in [9.17, 15) is 0 Å². The standard InChI is InChI=1S/8CO.2BrH.2Re/c8*1-2;;;;/h;;;;;;;;2*1H;;/q;;;;;;;;;;2*+1/p-2. The zero-order valence-electron chi connectivity index (χ0n) is 8.78. The Morgan fingerprint density at radius 1 is 0.300 bits per heavy atom. The first-order chi connectivity index (χ1) is 10.0. The van der Waals surface area contributed by atoms with Crippen molar-refractivity contribution in [3.63, 3.8) is 0 Å². The molecule has 0 bridgehead atoms. The minimum atomic E-state index is 1.53. The molecule has 108 valence electrons. The van der Waals surface area contributed by atoms with Gasteiger partial charge in [-0.05, 0) is 0 Å². The Morgan fingerprint density at radius 2 is 0.300 bits per heavy atom. The molecular formula is C8Br2O8Re2. The summed E-state index contributed by atoms with van der Waals surface area (Å²) >= 11 is 9.06. The molecule has 0 aliphatic rings. The summed E-state index contributed by atoms with van der Waals surface area (Å²) in [6, 6.07) is 0. The second kappa shape index (κ2) is 152000. The molecule has 0 saturated carbocycles. The molecule has 0 amide bonds. The molecule has 0 aromatic rings. The van der Waals surface area contributed by atoms with Gasteiger partial charge in [-0.15, -0.1) is 0 Å². The normalized spacial score (nSPS) is 1.40. The molecule has 0 aliphatic heterocycles. The molecule has 0 radical (unpaired) electrons. The van der Waals surface area contributed by atoms with Crippen LogP contribution in [0.25, 0.3) is 0 Å². The third-order valence-corrected chi connectivity index (χ3v) is 0. The van der Waals surface area contributed by atoms with Crippen LogP contribution in [0.15, 0.2) is 0 Å². The van der Waals surface area contributed by atoms with Crippen molar-refractivity contribution < 1.29 is 71.6 Å². The van der Waals surface area contributed by atoms with Crippen molar-refractivity contribution in [2.45, 2.75) is 0 Å². The third-order valence-electron chi connectivity index (χ3n) is 0. The van der Waals surface area contributed by atoms with Crippen LogP contribution in [0.5, 0.6) is 0 Å². The molecule has 0 fully saturated rings. The fraction of sp³-hybridized carbons (Fsp3) is 0. The molecule has 12 heteroatoms. The van der Waals surface area contributed by atoms with Gasteiger partial charge in [0.05, 0.1) is 0 Å². The second-order valence-electron chi connectivity index (χ2n) is 0. The van der Waals surface area contributed by atoms with E-state index in [0.717, 1.165) is 0 Å². The Morgan fingerprint density at radius 3 is 0.300 bits per heavy atom. The first-order valence-corrected chi connectivity index (χ1v) is 13.8. The van der Waals surface area contributed by atoms with Gasteiger partial charge in [-0.2, -0.15) is 0 Å². The molecule has 0 aliphatic carbocycles. The van der Waals surface area contributed by atoms with Crippen LogP contribution < -0.4 is 0 Å². The van der Waals surface area contributed by atoms with Crippen LogP contribution in [-0.4, -0.2) is 0 Å². The Hall–Kier alpha value is 0.205. The summed E-state index contributed by atoms with van der Waals surface area (Å²) < 4.78 is 60.0. The summed E-state index contributed by atoms with van der Waals surface area (Å²) in [6.45, 7) is 36.0. The van der Waals surface area contributed by atoms with Gasteiger partial charge in [0.15, 0.2) is 0 Å². The maximum absolute atomic E-state index is 7.50. The van der Waals surface area contributed by atoms with Crippen molar-refractivity contribution in [2.24, 2.45) is 0 Å². The van der Waals surface area contributed by atoms with Crippen molar-refractivity contribution in [1.82, 2.24) is 0 Å². The second-order valence-corrected chi connectivity index (χ2v) is 0. The van der Waals surface area contributed by atoms with E-state index in [2.05, 4.69) is 80.1 Å². The fourth-order valence-electron chi connectivity index (χ4n) is 0. The molecule has 20 heavy (non-hydrogen) atoms. The van der Waals surface area contributed by atoms with Gasteiger partial charge in [0.2, 0.25) is 0 Å². The van der Waals surface area contributed by atoms with Gasteiger partial charge >= 0.3 is 152 Å². The summed E-state index contributed by atoms with van der Waals surface area (Å²) in [7, 11) is 0. The zero-order chi connectivity index (χ0) is 20.0. The first-order valence-electron chi connectivity index (χ1n) is 1.92. The fourth-order valence-corrected chi connectivity index (χ4v) is 0. The van der Waals surface area contributed by atoms with Crippen LogP contribution in [0.3, 0.4) is 0 Å². The molecule has 0 spiro atoms. The Balaban J connectivity index is -0.00000000694. The van der Waals surface area contributed by atoms with Gasteiger partial charge < -0.3 is 0 Å². The third kappa shape index (κ3) is 129000. The molecule has 0 N–H and O–H groups in total. The van der Waals surface area contributed by atoms with Gasteiger partial charge in [0.25, 0.3) is 0 Å². The van der Waals surface area contributed by atoms with Crippen LogP contribution in [0, 0.1) is 53.2 Å². The summed E-state index contributed by atoms with van der Waals surface area (Å²) in [5, 5.41) is 0. The van der Waals surface area contributed by atoms with Gasteiger partial charge in [0.1, 0.15) is 0 Å². The summed E-state index contributed by atoms with van der Waals surface area (Å²) in [4.78, 5) is 0. The number of rotatable bonds is 0. The molecule has 0 heterocycles. The van der Waals surface area contributed by atoms with E-state index in [1.54, 1.807) is 0 Å². The summed E-state index contributed by atoms with van der Waals surface area (Å²) in [6.07, 6.45) is 0. The first kappa shape index (κ1) is 71.6. The molecule has 0 saturated heterocycles. The molecule has 0 rings (SSSR count). The predicted molar refractivity (Wildman–Crippen MR) is 49.3 cm³/mol. The zero-order valence-corrected chi connectivity index (χ0v) is 17.4. The van der Waals surface area contributed by atoms with Crippen molar-refractivity contribution in [3.05, 3.63) is 53.2 Å². The topological polar surface area (TPSA) is 159 Å². The van der Waals surface area contributed by atoms with E-state index in [-0.39, 0.29) is 0 Å². The number of hydrogen-bond donors (Lipinski definition) is 0. The van der Waals surface area contributed by atoms with Gasteiger partial charge in [-0.3, -0.25) is 0 Å². The molecule has 0 atom stereocenters. The minimum absolute atomic E-state index is 1.53. The quantitative estimate of drug-likeness (QED) is 0.259. The van der Waals surface area contributed by atoms with Crippen LogP contribution in [0.1, 0.15) is 0 Å². The van der Waals surface area contributed by atoms with Crippen molar-refractivity contribution in [3.8, 4) is 0 Å². The van der Waals surface area contributed by atoms with Crippen molar-refractivity contribution >= 4 is 26.9 Å².